The highest BCUT2D eigenvalue weighted by Gasteiger charge is 2.34. The van der Waals surface area contributed by atoms with Crippen LogP contribution in [0.15, 0.2) is 6.07 Å². The zero-order chi connectivity index (χ0) is 16.8. The van der Waals surface area contributed by atoms with E-state index in [4.69, 9.17) is 5.73 Å². The van der Waals surface area contributed by atoms with E-state index in [1.54, 1.807) is 0 Å². The van der Waals surface area contributed by atoms with Crippen LogP contribution in [0.5, 0.6) is 0 Å². The molecule has 1 aromatic heterocycles. The molecule has 0 bridgehead atoms. The molecule has 1 saturated heterocycles. The van der Waals surface area contributed by atoms with Gasteiger partial charge in [0, 0.05) is 25.0 Å². The number of primary amides is 1. The second-order valence-electron chi connectivity index (χ2n) is 8.38. The number of carbonyl (C=O) groups excluding carboxylic acids is 1. The van der Waals surface area contributed by atoms with Crippen LogP contribution in [0.1, 0.15) is 67.8 Å². The number of piperidine rings is 1. The number of amides is 1. The van der Waals surface area contributed by atoms with Crippen molar-refractivity contribution in [1.29, 1.82) is 0 Å². The Morgan fingerprint density at radius 2 is 2.00 bits per heavy atom. The smallest absolute Gasteiger partial charge is 0.267 e. The van der Waals surface area contributed by atoms with Crippen molar-refractivity contribution in [3.63, 3.8) is 0 Å². The average molecular weight is 315 g/mol. The zero-order valence-electron chi connectivity index (χ0n) is 14.9. The molecule has 0 unspecified atom stereocenters. The van der Waals surface area contributed by atoms with Crippen LogP contribution in [0.4, 0.5) is 0 Å². The third-order valence-electron chi connectivity index (χ3n) is 5.45. The first-order chi connectivity index (χ1) is 10.8. The predicted molar refractivity (Wildman–Crippen MR) is 92.3 cm³/mol. The number of aromatic nitrogens is 1. The summed E-state index contributed by atoms with van der Waals surface area (Å²) in [5, 5.41) is 0. The van der Waals surface area contributed by atoms with Crippen molar-refractivity contribution in [2.24, 2.45) is 17.6 Å². The number of fused-ring (bicyclic) bond motifs is 1. The van der Waals surface area contributed by atoms with Gasteiger partial charge in [-0.15, -0.1) is 0 Å². The van der Waals surface area contributed by atoms with E-state index < -0.39 is 5.91 Å². The van der Waals surface area contributed by atoms with Crippen molar-refractivity contribution < 1.29 is 4.79 Å². The van der Waals surface area contributed by atoms with E-state index in [0.717, 1.165) is 50.0 Å². The molecule has 2 aliphatic rings. The fraction of sp³-hybridized carbons (Fsp3) is 0.684. The lowest BCUT2D eigenvalue weighted by molar-refractivity contribution is 0.0994. The highest BCUT2D eigenvalue weighted by atomic mass is 16.1. The predicted octanol–water partition coefficient (Wildman–Crippen LogP) is 2.88. The molecule has 126 valence electrons. The molecule has 0 radical (unpaired) electrons. The Labute approximate surface area is 139 Å². The van der Waals surface area contributed by atoms with Crippen molar-refractivity contribution in [2.75, 3.05) is 13.1 Å². The van der Waals surface area contributed by atoms with Crippen molar-refractivity contribution in [1.82, 2.24) is 9.88 Å². The first-order valence-corrected chi connectivity index (χ1v) is 8.81. The number of carbonyl (C=O) groups is 1. The van der Waals surface area contributed by atoms with Crippen LogP contribution >= 0.6 is 0 Å². The van der Waals surface area contributed by atoms with Crippen molar-refractivity contribution in [3.8, 4) is 0 Å². The summed E-state index contributed by atoms with van der Waals surface area (Å²) in [5.74, 6) is 1.05. The highest BCUT2D eigenvalue weighted by Crippen LogP contribution is 2.39. The Hall–Kier alpha value is -1.42. The van der Waals surface area contributed by atoms with Gasteiger partial charge in [-0.3, -0.25) is 9.69 Å². The summed E-state index contributed by atoms with van der Waals surface area (Å²) in [7, 11) is 0. The minimum absolute atomic E-state index is 0.0397. The Morgan fingerprint density at radius 3 is 2.61 bits per heavy atom. The highest BCUT2D eigenvalue weighted by molar-refractivity contribution is 5.91. The summed E-state index contributed by atoms with van der Waals surface area (Å²) in [5.41, 5.74) is 9.69. The van der Waals surface area contributed by atoms with Gasteiger partial charge >= 0.3 is 0 Å². The Bertz CT molecular complexity index is 613. The summed E-state index contributed by atoms with van der Waals surface area (Å²) in [4.78, 5) is 18.8. The van der Waals surface area contributed by atoms with E-state index in [-0.39, 0.29) is 5.41 Å². The van der Waals surface area contributed by atoms with Gasteiger partial charge in [0.25, 0.3) is 5.91 Å². The number of nitrogens with two attached hydrogens (primary N) is 1. The van der Waals surface area contributed by atoms with E-state index in [2.05, 4.69) is 37.6 Å². The largest absolute Gasteiger partial charge is 0.364 e. The van der Waals surface area contributed by atoms with Gasteiger partial charge in [-0.25, -0.2) is 4.98 Å². The Morgan fingerprint density at radius 1 is 1.35 bits per heavy atom. The quantitative estimate of drug-likeness (QED) is 0.933. The average Bonchev–Trinajstić information content (AvgIpc) is 2.73. The fourth-order valence-corrected chi connectivity index (χ4v) is 4.45. The number of rotatable bonds is 3. The molecule has 1 aromatic rings. The lowest BCUT2D eigenvalue weighted by Gasteiger charge is -2.35. The second-order valence-corrected chi connectivity index (χ2v) is 8.38. The number of likely N-dealkylation sites (tertiary alicyclic amines) is 1. The van der Waals surface area contributed by atoms with Crippen LogP contribution in [0.25, 0.3) is 0 Å². The van der Waals surface area contributed by atoms with Gasteiger partial charge in [-0.05, 0) is 48.3 Å². The van der Waals surface area contributed by atoms with Gasteiger partial charge in [0.15, 0.2) is 0 Å². The standard InChI is InChI=1S/C19H29N3O/c1-12-7-13(2)10-22(9-12)11-14-8-16(18(20)23)21-17-15(14)5-6-19(17,3)4/h8,12-13H,5-7,9-11H2,1-4H3,(H2,20,23)/t12-,13+. The maximum Gasteiger partial charge on any atom is 0.267 e. The Balaban J connectivity index is 1.94. The van der Waals surface area contributed by atoms with E-state index in [1.165, 1.54) is 17.5 Å². The second kappa shape index (κ2) is 5.90. The number of pyridine rings is 1. The summed E-state index contributed by atoms with van der Waals surface area (Å²) in [6, 6.07) is 1.94. The molecular formula is C19H29N3O. The fourth-order valence-electron chi connectivity index (χ4n) is 4.45. The van der Waals surface area contributed by atoms with Gasteiger partial charge in [0.2, 0.25) is 0 Å². The van der Waals surface area contributed by atoms with Gasteiger partial charge in [-0.2, -0.15) is 0 Å². The lowest BCUT2D eigenvalue weighted by Crippen LogP contribution is -2.38. The molecule has 23 heavy (non-hydrogen) atoms. The normalized spacial score (nSPS) is 27.0. The molecule has 1 fully saturated rings. The summed E-state index contributed by atoms with van der Waals surface area (Å²) >= 11 is 0. The van der Waals surface area contributed by atoms with E-state index in [9.17, 15) is 4.79 Å². The van der Waals surface area contributed by atoms with Crippen LogP contribution in [0.2, 0.25) is 0 Å². The molecule has 2 atom stereocenters. The molecule has 2 heterocycles. The minimum Gasteiger partial charge on any atom is -0.364 e. The maximum absolute atomic E-state index is 11.7. The third-order valence-corrected chi connectivity index (χ3v) is 5.45. The van der Waals surface area contributed by atoms with Crippen molar-refractivity contribution in [3.05, 3.63) is 28.6 Å². The molecular weight excluding hydrogens is 286 g/mol. The molecule has 1 aliphatic carbocycles. The molecule has 3 rings (SSSR count). The van der Waals surface area contributed by atoms with Gasteiger partial charge < -0.3 is 5.73 Å². The van der Waals surface area contributed by atoms with Gasteiger partial charge in [0.1, 0.15) is 5.69 Å². The van der Waals surface area contributed by atoms with Crippen LogP contribution in [-0.4, -0.2) is 28.9 Å². The van der Waals surface area contributed by atoms with Crippen LogP contribution in [0, 0.1) is 11.8 Å². The molecule has 0 spiro atoms. The summed E-state index contributed by atoms with van der Waals surface area (Å²) in [6.45, 7) is 12.3. The summed E-state index contributed by atoms with van der Waals surface area (Å²) in [6.07, 6.45) is 3.46. The van der Waals surface area contributed by atoms with Gasteiger partial charge in [0.05, 0.1) is 5.69 Å². The van der Waals surface area contributed by atoms with Crippen molar-refractivity contribution in [2.45, 2.75) is 58.9 Å². The number of hydrogen-bond acceptors (Lipinski definition) is 3. The van der Waals surface area contributed by atoms with E-state index >= 15 is 0 Å². The number of hydrogen-bond donors (Lipinski definition) is 1. The van der Waals surface area contributed by atoms with E-state index in [1.807, 2.05) is 6.07 Å². The molecule has 1 amide bonds. The molecule has 2 N–H and O–H groups in total. The monoisotopic (exact) mass is 315 g/mol. The third kappa shape index (κ3) is 3.27. The number of nitrogens with zero attached hydrogens (tertiary/aromatic N) is 2. The maximum atomic E-state index is 11.7. The van der Waals surface area contributed by atoms with Crippen molar-refractivity contribution >= 4 is 5.91 Å². The van der Waals surface area contributed by atoms with E-state index in [0.29, 0.717) is 5.69 Å². The van der Waals surface area contributed by atoms with Crippen LogP contribution < -0.4 is 5.73 Å². The van der Waals surface area contributed by atoms with Crippen LogP contribution in [-0.2, 0) is 18.4 Å². The SMILES string of the molecule is C[C@@H]1C[C@H](C)CN(Cc2cc(C(N)=O)nc3c2CCC3(C)C)C1. The van der Waals surface area contributed by atoms with Gasteiger partial charge in [-0.1, -0.05) is 27.7 Å². The Kier molecular flexibility index (Phi) is 4.21. The topological polar surface area (TPSA) is 59.2 Å². The molecule has 4 heteroatoms. The first-order valence-electron chi connectivity index (χ1n) is 8.81. The lowest BCUT2D eigenvalue weighted by atomic mass is 9.89. The van der Waals surface area contributed by atoms with Crippen LogP contribution in [0.3, 0.4) is 0 Å². The summed E-state index contributed by atoms with van der Waals surface area (Å²) < 4.78 is 0. The first kappa shape index (κ1) is 16.4. The molecule has 4 nitrogen and oxygen atoms in total. The molecule has 1 aliphatic heterocycles. The minimum atomic E-state index is -0.419. The zero-order valence-corrected chi connectivity index (χ0v) is 14.9. The molecule has 0 saturated carbocycles. The molecule has 0 aromatic carbocycles.